The Balaban J connectivity index is 1.73. The zero-order valence-electron chi connectivity index (χ0n) is 14.0. The fourth-order valence-electron chi connectivity index (χ4n) is 2.00. The molecule has 2 aromatic rings. The van der Waals surface area contributed by atoms with Gasteiger partial charge in [-0.2, -0.15) is 0 Å². The van der Waals surface area contributed by atoms with Crippen LogP contribution in [0.4, 0.5) is 5.13 Å². The minimum atomic E-state index is -0.0546. The molecule has 1 aromatic carbocycles. The van der Waals surface area contributed by atoms with Crippen LogP contribution < -0.4 is 10.1 Å². The van der Waals surface area contributed by atoms with E-state index in [2.05, 4.69) is 42.4 Å². The number of nitrogens with zero attached hydrogens (tertiary/aromatic N) is 2. The van der Waals surface area contributed by atoms with Crippen LogP contribution in [0.3, 0.4) is 0 Å². The second-order valence-electron chi connectivity index (χ2n) is 5.80. The topological polar surface area (TPSA) is 64.1 Å². The normalized spacial score (nSPS) is 10.8. The SMILES string of the molecule is Cc1cccc(OCCCC(=O)Nc2nnc(C(C)C)s2)c1C. The number of carbonyl (C=O) groups excluding carboxylic acids is 1. The van der Waals surface area contributed by atoms with Gasteiger partial charge in [0.2, 0.25) is 11.0 Å². The summed E-state index contributed by atoms with van der Waals surface area (Å²) in [6.07, 6.45) is 1.07. The summed E-state index contributed by atoms with van der Waals surface area (Å²) in [7, 11) is 0. The summed E-state index contributed by atoms with van der Waals surface area (Å²) in [6.45, 7) is 8.72. The van der Waals surface area contributed by atoms with Crippen molar-refractivity contribution in [1.82, 2.24) is 10.2 Å². The van der Waals surface area contributed by atoms with E-state index in [9.17, 15) is 4.79 Å². The van der Waals surface area contributed by atoms with Gasteiger partial charge in [0, 0.05) is 12.3 Å². The van der Waals surface area contributed by atoms with Crippen LogP contribution in [0.15, 0.2) is 18.2 Å². The van der Waals surface area contributed by atoms with Crippen LogP contribution in [0, 0.1) is 13.8 Å². The molecule has 0 radical (unpaired) electrons. The highest BCUT2D eigenvalue weighted by molar-refractivity contribution is 7.15. The molecule has 23 heavy (non-hydrogen) atoms. The van der Waals surface area contributed by atoms with Crippen molar-refractivity contribution < 1.29 is 9.53 Å². The Labute approximate surface area is 141 Å². The van der Waals surface area contributed by atoms with Gasteiger partial charge in [0.25, 0.3) is 0 Å². The molecule has 0 unspecified atom stereocenters. The molecule has 0 aliphatic heterocycles. The first-order chi connectivity index (χ1) is 11.0. The Hall–Kier alpha value is -1.95. The van der Waals surface area contributed by atoms with Gasteiger partial charge in [-0.15, -0.1) is 10.2 Å². The van der Waals surface area contributed by atoms with Crippen LogP contribution in [-0.4, -0.2) is 22.7 Å². The lowest BCUT2D eigenvalue weighted by atomic mass is 10.1. The lowest BCUT2D eigenvalue weighted by molar-refractivity contribution is -0.116. The summed E-state index contributed by atoms with van der Waals surface area (Å²) >= 11 is 1.42. The van der Waals surface area contributed by atoms with Crippen molar-refractivity contribution in [2.24, 2.45) is 0 Å². The lowest BCUT2D eigenvalue weighted by Crippen LogP contribution is -2.12. The van der Waals surface area contributed by atoms with Gasteiger partial charge in [-0.1, -0.05) is 37.3 Å². The molecule has 0 saturated carbocycles. The number of carbonyl (C=O) groups is 1. The molecule has 0 saturated heterocycles. The van der Waals surface area contributed by atoms with Crippen LogP contribution in [0.5, 0.6) is 5.75 Å². The summed E-state index contributed by atoms with van der Waals surface area (Å²) in [5.74, 6) is 1.15. The number of nitrogens with one attached hydrogen (secondary N) is 1. The maximum Gasteiger partial charge on any atom is 0.226 e. The highest BCUT2D eigenvalue weighted by Crippen LogP contribution is 2.23. The molecule has 2 rings (SSSR count). The Kier molecular flexibility index (Phi) is 6.10. The molecule has 1 aromatic heterocycles. The van der Waals surface area contributed by atoms with E-state index in [4.69, 9.17) is 4.74 Å². The average molecular weight is 333 g/mol. The van der Waals surface area contributed by atoms with Crippen molar-refractivity contribution >= 4 is 22.4 Å². The third-order valence-corrected chi connectivity index (χ3v) is 4.68. The van der Waals surface area contributed by atoms with E-state index in [0.717, 1.165) is 16.3 Å². The van der Waals surface area contributed by atoms with E-state index in [1.165, 1.54) is 16.9 Å². The van der Waals surface area contributed by atoms with Crippen LogP contribution in [0.25, 0.3) is 0 Å². The third-order valence-electron chi connectivity index (χ3n) is 3.54. The second-order valence-corrected chi connectivity index (χ2v) is 6.81. The summed E-state index contributed by atoms with van der Waals surface area (Å²) in [4.78, 5) is 11.9. The minimum Gasteiger partial charge on any atom is -0.493 e. The quantitative estimate of drug-likeness (QED) is 0.776. The molecule has 0 bridgehead atoms. The van der Waals surface area contributed by atoms with Crippen molar-refractivity contribution in [2.75, 3.05) is 11.9 Å². The van der Waals surface area contributed by atoms with Crippen LogP contribution >= 0.6 is 11.3 Å². The van der Waals surface area contributed by atoms with Crippen LogP contribution in [0.2, 0.25) is 0 Å². The number of rotatable bonds is 7. The summed E-state index contributed by atoms with van der Waals surface area (Å²) in [5.41, 5.74) is 2.35. The van der Waals surface area contributed by atoms with Crippen LogP contribution in [-0.2, 0) is 4.79 Å². The van der Waals surface area contributed by atoms with E-state index in [1.807, 2.05) is 19.1 Å². The molecule has 1 N–H and O–H groups in total. The van der Waals surface area contributed by atoms with Gasteiger partial charge in [0.05, 0.1) is 6.61 Å². The van der Waals surface area contributed by atoms with Gasteiger partial charge in [0.15, 0.2) is 0 Å². The molecule has 0 aliphatic rings. The highest BCUT2D eigenvalue weighted by atomic mass is 32.1. The highest BCUT2D eigenvalue weighted by Gasteiger charge is 2.10. The van der Waals surface area contributed by atoms with Crippen molar-refractivity contribution in [3.8, 4) is 5.75 Å². The van der Waals surface area contributed by atoms with E-state index in [-0.39, 0.29) is 5.91 Å². The van der Waals surface area contributed by atoms with Gasteiger partial charge >= 0.3 is 0 Å². The van der Waals surface area contributed by atoms with Gasteiger partial charge in [0.1, 0.15) is 10.8 Å². The molecule has 0 spiro atoms. The first kappa shape index (κ1) is 17.4. The Bertz CT molecular complexity index is 668. The fraction of sp³-hybridized carbons (Fsp3) is 0.471. The van der Waals surface area contributed by atoms with Gasteiger partial charge < -0.3 is 10.1 Å². The Morgan fingerprint density at radius 2 is 2.09 bits per heavy atom. The predicted molar refractivity (Wildman–Crippen MR) is 93.3 cm³/mol. The average Bonchev–Trinajstić information content (AvgIpc) is 2.96. The standard InChI is InChI=1S/C17H23N3O2S/c1-11(2)16-19-20-17(23-16)18-15(21)9-6-10-22-14-8-5-7-12(3)13(14)4/h5,7-8,11H,6,9-10H2,1-4H3,(H,18,20,21). The van der Waals surface area contributed by atoms with E-state index < -0.39 is 0 Å². The lowest BCUT2D eigenvalue weighted by Gasteiger charge is -2.10. The van der Waals surface area contributed by atoms with Crippen molar-refractivity contribution in [2.45, 2.75) is 46.5 Å². The minimum absolute atomic E-state index is 0.0546. The molecular weight excluding hydrogens is 310 g/mol. The third kappa shape index (κ3) is 5.03. The van der Waals surface area contributed by atoms with Gasteiger partial charge in [-0.25, -0.2) is 0 Å². The number of hydrogen-bond acceptors (Lipinski definition) is 5. The number of hydrogen-bond donors (Lipinski definition) is 1. The number of amides is 1. The van der Waals surface area contributed by atoms with E-state index in [1.54, 1.807) is 0 Å². The molecule has 0 fully saturated rings. The van der Waals surface area contributed by atoms with Gasteiger partial charge in [-0.05, 0) is 37.5 Å². The van der Waals surface area contributed by atoms with Crippen molar-refractivity contribution in [3.63, 3.8) is 0 Å². The number of aryl methyl sites for hydroxylation is 1. The first-order valence-corrected chi connectivity index (χ1v) is 8.61. The van der Waals surface area contributed by atoms with Gasteiger partial charge in [-0.3, -0.25) is 4.79 Å². The number of ether oxygens (including phenoxy) is 1. The van der Waals surface area contributed by atoms with E-state index >= 15 is 0 Å². The zero-order valence-corrected chi connectivity index (χ0v) is 14.9. The number of aromatic nitrogens is 2. The molecule has 0 atom stereocenters. The maximum absolute atomic E-state index is 11.9. The zero-order chi connectivity index (χ0) is 16.8. The smallest absolute Gasteiger partial charge is 0.226 e. The second kappa shape index (κ2) is 8.06. The van der Waals surface area contributed by atoms with E-state index in [0.29, 0.717) is 30.5 Å². The molecule has 1 heterocycles. The monoisotopic (exact) mass is 333 g/mol. The molecule has 124 valence electrons. The van der Waals surface area contributed by atoms with Crippen LogP contribution in [0.1, 0.15) is 48.7 Å². The van der Waals surface area contributed by atoms with Crippen molar-refractivity contribution in [1.29, 1.82) is 0 Å². The number of benzene rings is 1. The largest absolute Gasteiger partial charge is 0.493 e. The predicted octanol–water partition coefficient (Wildman–Crippen LogP) is 4.08. The molecule has 0 aliphatic carbocycles. The summed E-state index contributed by atoms with van der Waals surface area (Å²) in [5, 5.41) is 12.3. The Morgan fingerprint density at radius 3 is 2.78 bits per heavy atom. The Morgan fingerprint density at radius 1 is 1.30 bits per heavy atom. The summed E-state index contributed by atoms with van der Waals surface area (Å²) < 4.78 is 5.75. The summed E-state index contributed by atoms with van der Waals surface area (Å²) in [6, 6.07) is 5.99. The molecule has 5 nitrogen and oxygen atoms in total. The maximum atomic E-state index is 11.9. The number of anilines is 1. The fourth-order valence-corrected chi connectivity index (χ4v) is 2.76. The molecule has 1 amide bonds. The first-order valence-electron chi connectivity index (χ1n) is 7.79. The van der Waals surface area contributed by atoms with Crippen molar-refractivity contribution in [3.05, 3.63) is 34.3 Å². The molecular formula is C17H23N3O2S. The molecule has 6 heteroatoms.